The van der Waals surface area contributed by atoms with Gasteiger partial charge in [-0.1, -0.05) is 26.8 Å². The van der Waals surface area contributed by atoms with Crippen molar-refractivity contribution in [3.8, 4) is 0 Å². The minimum absolute atomic E-state index is 0.108. The largest absolute Gasteiger partial charge is 0.393 e. The van der Waals surface area contributed by atoms with Gasteiger partial charge in [-0.25, -0.2) is 17.5 Å². The summed E-state index contributed by atoms with van der Waals surface area (Å²) in [6.07, 6.45) is -0.305. The van der Waals surface area contributed by atoms with Crippen LogP contribution in [0, 0.1) is 11.2 Å². The van der Waals surface area contributed by atoms with Crippen molar-refractivity contribution < 1.29 is 17.9 Å². The Labute approximate surface area is 113 Å². The Balaban J connectivity index is 2.62. The van der Waals surface area contributed by atoms with Gasteiger partial charge in [-0.3, -0.25) is 0 Å². The van der Waals surface area contributed by atoms with E-state index in [0.717, 1.165) is 6.07 Å². The molecule has 0 saturated carbocycles. The second kappa shape index (κ2) is 5.98. The molecule has 108 valence electrons. The molecular formula is C13H20FNO3S. The number of aliphatic hydroxyl groups excluding tert-OH is 1. The number of sulfonamides is 1. The summed E-state index contributed by atoms with van der Waals surface area (Å²) < 4.78 is 39.0. The van der Waals surface area contributed by atoms with E-state index in [1.807, 2.05) is 20.8 Å². The van der Waals surface area contributed by atoms with E-state index < -0.39 is 21.9 Å². The summed E-state index contributed by atoms with van der Waals surface area (Å²) in [4.78, 5) is -0.113. The first-order chi connectivity index (χ1) is 8.63. The van der Waals surface area contributed by atoms with Crippen LogP contribution in [-0.2, 0) is 10.0 Å². The van der Waals surface area contributed by atoms with Gasteiger partial charge in [-0.05, 0) is 30.0 Å². The number of aliphatic hydroxyl groups is 1. The molecule has 0 radical (unpaired) electrons. The molecule has 0 heterocycles. The molecule has 0 amide bonds. The van der Waals surface area contributed by atoms with Crippen LogP contribution in [0.4, 0.5) is 4.39 Å². The number of rotatable bonds is 5. The van der Waals surface area contributed by atoms with Crippen molar-refractivity contribution in [3.63, 3.8) is 0 Å². The summed E-state index contributed by atoms with van der Waals surface area (Å²) in [5, 5.41) is 9.80. The van der Waals surface area contributed by atoms with Crippen molar-refractivity contribution >= 4 is 10.0 Å². The predicted molar refractivity (Wildman–Crippen MR) is 71.7 cm³/mol. The first kappa shape index (κ1) is 16.1. The van der Waals surface area contributed by atoms with Gasteiger partial charge < -0.3 is 5.11 Å². The Morgan fingerprint density at radius 2 is 2.00 bits per heavy atom. The highest BCUT2D eigenvalue weighted by atomic mass is 32.2. The molecule has 0 aliphatic rings. The Morgan fingerprint density at radius 3 is 2.53 bits per heavy atom. The van der Waals surface area contributed by atoms with E-state index >= 15 is 0 Å². The lowest BCUT2D eigenvalue weighted by atomic mass is 9.87. The topological polar surface area (TPSA) is 66.4 Å². The Morgan fingerprint density at radius 1 is 1.37 bits per heavy atom. The normalized spacial score (nSPS) is 14.4. The molecule has 0 saturated heterocycles. The summed E-state index contributed by atoms with van der Waals surface area (Å²) >= 11 is 0. The third-order valence-corrected chi connectivity index (χ3v) is 4.27. The first-order valence-electron chi connectivity index (χ1n) is 6.06. The standard InChI is InChI=1S/C13H20FNO3S/c1-13(2,3)12(16)7-8-15-19(17,18)11-6-4-5-10(14)9-11/h4-6,9,12,15-16H,7-8H2,1-3H3/t12-/m1/s1. The molecule has 0 bridgehead atoms. The minimum atomic E-state index is -3.73. The number of halogens is 1. The molecule has 0 unspecified atom stereocenters. The van der Waals surface area contributed by atoms with Gasteiger partial charge in [0.05, 0.1) is 11.0 Å². The molecular weight excluding hydrogens is 269 g/mol. The lowest BCUT2D eigenvalue weighted by Crippen LogP contribution is -2.32. The van der Waals surface area contributed by atoms with E-state index in [1.165, 1.54) is 18.2 Å². The first-order valence-corrected chi connectivity index (χ1v) is 7.54. The van der Waals surface area contributed by atoms with Crippen LogP contribution < -0.4 is 4.72 Å². The maximum absolute atomic E-state index is 13.0. The van der Waals surface area contributed by atoms with Gasteiger partial charge in [0.2, 0.25) is 10.0 Å². The number of nitrogens with one attached hydrogen (secondary N) is 1. The minimum Gasteiger partial charge on any atom is -0.393 e. The average molecular weight is 289 g/mol. The van der Waals surface area contributed by atoms with E-state index in [1.54, 1.807) is 0 Å². The fourth-order valence-corrected chi connectivity index (χ4v) is 2.56. The molecule has 1 atom stereocenters. The zero-order valence-corrected chi connectivity index (χ0v) is 12.2. The van der Waals surface area contributed by atoms with Gasteiger partial charge in [-0.2, -0.15) is 0 Å². The van der Waals surface area contributed by atoms with Crippen molar-refractivity contribution in [3.05, 3.63) is 30.1 Å². The fourth-order valence-electron chi connectivity index (χ4n) is 1.48. The fraction of sp³-hybridized carbons (Fsp3) is 0.538. The van der Waals surface area contributed by atoms with Crippen molar-refractivity contribution in [2.24, 2.45) is 5.41 Å². The lowest BCUT2D eigenvalue weighted by molar-refractivity contribution is 0.0571. The smallest absolute Gasteiger partial charge is 0.240 e. The molecule has 1 rings (SSSR count). The van der Waals surface area contributed by atoms with E-state index in [9.17, 15) is 17.9 Å². The van der Waals surface area contributed by atoms with Crippen molar-refractivity contribution in [2.45, 2.75) is 38.2 Å². The van der Waals surface area contributed by atoms with Crippen LogP contribution in [-0.4, -0.2) is 26.2 Å². The van der Waals surface area contributed by atoms with Crippen molar-refractivity contribution in [1.82, 2.24) is 4.72 Å². The summed E-state index contributed by atoms with van der Waals surface area (Å²) in [6.45, 7) is 5.73. The maximum atomic E-state index is 13.0. The highest BCUT2D eigenvalue weighted by Gasteiger charge is 2.22. The quantitative estimate of drug-likeness (QED) is 0.870. The molecule has 2 N–H and O–H groups in total. The molecule has 0 fully saturated rings. The molecule has 0 aliphatic carbocycles. The molecule has 1 aromatic rings. The Kier molecular flexibility index (Phi) is 5.06. The van der Waals surface area contributed by atoms with E-state index in [4.69, 9.17) is 0 Å². The highest BCUT2D eigenvalue weighted by Crippen LogP contribution is 2.21. The molecule has 1 aromatic carbocycles. The van der Waals surface area contributed by atoms with Crippen molar-refractivity contribution in [2.75, 3.05) is 6.54 Å². The predicted octanol–water partition coefficient (Wildman–Crippen LogP) is 1.90. The lowest BCUT2D eigenvalue weighted by Gasteiger charge is -2.25. The van der Waals surface area contributed by atoms with Crippen LogP contribution in [0.5, 0.6) is 0 Å². The van der Waals surface area contributed by atoms with Gasteiger partial charge >= 0.3 is 0 Å². The van der Waals surface area contributed by atoms with Crippen LogP contribution in [0.2, 0.25) is 0 Å². The third kappa shape index (κ3) is 4.89. The molecule has 0 aliphatic heterocycles. The second-order valence-electron chi connectivity index (χ2n) is 5.53. The number of hydrogen-bond donors (Lipinski definition) is 2. The highest BCUT2D eigenvalue weighted by molar-refractivity contribution is 7.89. The summed E-state index contributed by atoms with van der Waals surface area (Å²) in [5.74, 6) is -0.599. The van der Waals surface area contributed by atoms with E-state index in [2.05, 4.69) is 4.72 Å². The monoisotopic (exact) mass is 289 g/mol. The van der Waals surface area contributed by atoms with Crippen LogP contribution in [0.3, 0.4) is 0 Å². The molecule has 19 heavy (non-hydrogen) atoms. The average Bonchev–Trinajstić information content (AvgIpc) is 2.27. The van der Waals surface area contributed by atoms with E-state index in [-0.39, 0.29) is 16.9 Å². The third-order valence-electron chi connectivity index (χ3n) is 2.82. The van der Waals surface area contributed by atoms with Gasteiger partial charge in [0, 0.05) is 6.54 Å². The Hall–Kier alpha value is -0.980. The SMILES string of the molecule is CC(C)(C)[C@H](O)CCNS(=O)(=O)c1cccc(F)c1. The second-order valence-corrected chi connectivity index (χ2v) is 7.29. The number of benzene rings is 1. The number of hydrogen-bond acceptors (Lipinski definition) is 3. The molecule has 0 spiro atoms. The molecule has 6 heteroatoms. The van der Waals surface area contributed by atoms with Crippen molar-refractivity contribution in [1.29, 1.82) is 0 Å². The molecule has 4 nitrogen and oxygen atoms in total. The van der Waals surface area contributed by atoms with Crippen LogP contribution in [0.1, 0.15) is 27.2 Å². The van der Waals surface area contributed by atoms with Crippen LogP contribution in [0.25, 0.3) is 0 Å². The summed E-state index contributed by atoms with van der Waals surface area (Å²) in [5.41, 5.74) is -0.301. The van der Waals surface area contributed by atoms with Gasteiger partial charge in [0.25, 0.3) is 0 Å². The van der Waals surface area contributed by atoms with Crippen LogP contribution >= 0.6 is 0 Å². The molecule has 0 aromatic heterocycles. The zero-order chi connectivity index (χ0) is 14.7. The summed E-state index contributed by atoms with van der Waals surface area (Å²) in [7, 11) is -3.73. The Bertz CT molecular complexity index is 523. The van der Waals surface area contributed by atoms with E-state index in [0.29, 0.717) is 6.42 Å². The van der Waals surface area contributed by atoms with Gasteiger partial charge in [-0.15, -0.1) is 0 Å². The maximum Gasteiger partial charge on any atom is 0.240 e. The zero-order valence-electron chi connectivity index (χ0n) is 11.4. The van der Waals surface area contributed by atoms with Crippen LogP contribution in [0.15, 0.2) is 29.2 Å². The summed E-state index contributed by atoms with van der Waals surface area (Å²) in [6, 6.07) is 4.81. The van der Waals surface area contributed by atoms with Gasteiger partial charge in [0.15, 0.2) is 0 Å². The van der Waals surface area contributed by atoms with Gasteiger partial charge in [0.1, 0.15) is 5.82 Å².